The van der Waals surface area contributed by atoms with Gasteiger partial charge in [-0.1, -0.05) is 37.5 Å². The highest BCUT2D eigenvalue weighted by Gasteiger charge is 2.04. The smallest absolute Gasteiger partial charge is 0.116 e. The summed E-state index contributed by atoms with van der Waals surface area (Å²) in [4.78, 5) is 0. The van der Waals surface area contributed by atoms with Crippen molar-refractivity contribution in [3.63, 3.8) is 0 Å². The van der Waals surface area contributed by atoms with Crippen LogP contribution in [0.25, 0.3) is 11.3 Å². The molecule has 1 rings (SSSR count). The number of rotatable bonds is 6. The predicted molar refractivity (Wildman–Crippen MR) is 83.8 cm³/mol. The summed E-state index contributed by atoms with van der Waals surface area (Å²) in [6.07, 6.45) is 3.80. The standard InChI is InChI=1S/C17H21NO/c1-6-14(7-2)11-18-13(5)16-8-15(12(3)4)9-17(19)10-16/h6-10,18-19H,1,3,5,11H2,2,4H3/b14-7+. The fraction of sp³-hybridized carbons (Fsp3) is 0.176. The van der Waals surface area contributed by atoms with Gasteiger partial charge in [0.2, 0.25) is 0 Å². The molecule has 0 aliphatic heterocycles. The van der Waals surface area contributed by atoms with Crippen LogP contribution in [0, 0.1) is 0 Å². The first-order chi connectivity index (χ1) is 8.97. The van der Waals surface area contributed by atoms with E-state index in [1.165, 1.54) is 0 Å². The minimum absolute atomic E-state index is 0.216. The molecule has 0 saturated carbocycles. The van der Waals surface area contributed by atoms with Crippen LogP contribution in [0.15, 0.2) is 55.7 Å². The molecule has 0 atom stereocenters. The van der Waals surface area contributed by atoms with Crippen LogP contribution in [-0.4, -0.2) is 11.7 Å². The normalized spacial score (nSPS) is 10.9. The van der Waals surface area contributed by atoms with Crippen molar-refractivity contribution in [2.75, 3.05) is 6.54 Å². The topological polar surface area (TPSA) is 32.3 Å². The molecule has 0 unspecified atom stereocenters. The molecule has 0 amide bonds. The van der Waals surface area contributed by atoms with Crippen molar-refractivity contribution >= 4 is 11.3 Å². The van der Waals surface area contributed by atoms with Crippen LogP contribution in [0.2, 0.25) is 0 Å². The van der Waals surface area contributed by atoms with E-state index in [0.29, 0.717) is 6.54 Å². The van der Waals surface area contributed by atoms with Gasteiger partial charge in [-0.05, 0) is 43.2 Å². The second-order valence-electron chi connectivity index (χ2n) is 4.45. The number of hydrogen-bond acceptors (Lipinski definition) is 2. The fourth-order valence-electron chi connectivity index (χ4n) is 1.63. The van der Waals surface area contributed by atoms with Crippen molar-refractivity contribution < 1.29 is 5.11 Å². The minimum atomic E-state index is 0.216. The molecular formula is C17H21NO. The second-order valence-corrected chi connectivity index (χ2v) is 4.45. The minimum Gasteiger partial charge on any atom is -0.508 e. The van der Waals surface area contributed by atoms with E-state index in [0.717, 1.165) is 28.0 Å². The summed E-state index contributed by atoms with van der Waals surface area (Å²) >= 11 is 0. The van der Waals surface area contributed by atoms with Gasteiger partial charge in [0.15, 0.2) is 0 Å². The van der Waals surface area contributed by atoms with Gasteiger partial charge in [-0.15, -0.1) is 0 Å². The maximum absolute atomic E-state index is 9.72. The van der Waals surface area contributed by atoms with E-state index in [1.807, 2.05) is 32.1 Å². The Labute approximate surface area is 115 Å². The maximum Gasteiger partial charge on any atom is 0.116 e. The van der Waals surface area contributed by atoms with Gasteiger partial charge < -0.3 is 10.4 Å². The average Bonchev–Trinajstić information content (AvgIpc) is 2.38. The summed E-state index contributed by atoms with van der Waals surface area (Å²) in [5, 5.41) is 12.9. The summed E-state index contributed by atoms with van der Waals surface area (Å²) in [6.45, 7) is 16.2. The van der Waals surface area contributed by atoms with Crippen LogP contribution in [0.3, 0.4) is 0 Å². The molecule has 19 heavy (non-hydrogen) atoms. The lowest BCUT2D eigenvalue weighted by Crippen LogP contribution is -2.14. The molecule has 100 valence electrons. The molecule has 0 radical (unpaired) electrons. The van der Waals surface area contributed by atoms with Crippen LogP contribution in [0.5, 0.6) is 5.75 Å². The molecule has 0 saturated heterocycles. The zero-order valence-electron chi connectivity index (χ0n) is 11.7. The van der Waals surface area contributed by atoms with Gasteiger partial charge in [0.1, 0.15) is 5.75 Å². The molecule has 0 fully saturated rings. The van der Waals surface area contributed by atoms with Crippen molar-refractivity contribution in [1.82, 2.24) is 5.32 Å². The lowest BCUT2D eigenvalue weighted by Gasteiger charge is -2.12. The Bertz CT molecular complexity index is 538. The summed E-state index contributed by atoms with van der Waals surface area (Å²) < 4.78 is 0. The van der Waals surface area contributed by atoms with Gasteiger partial charge in [-0.25, -0.2) is 0 Å². The molecule has 0 spiro atoms. The Balaban J connectivity index is 2.88. The maximum atomic E-state index is 9.72. The van der Waals surface area contributed by atoms with Gasteiger partial charge in [0.05, 0.1) is 0 Å². The molecule has 0 aromatic heterocycles. The lowest BCUT2D eigenvalue weighted by molar-refractivity contribution is 0.475. The Morgan fingerprint density at radius 1 is 1.26 bits per heavy atom. The number of nitrogens with one attached hydrogen (secondary N) is 1. The van der Waals surface area contributed by atoms with E-state index in [-0.39, 0.29) is 5.75 Å². The Morgan fingerprint density at radius 2 is 1.89 bits per heavy atom. The van der Waals surface area contributed by atoms with E-state index in [4.69, 9.17) is 0 Å². The van der Waals surface area contributed by atoms with Crippen LogP contribution in [0.1, 0.15) is 25.0 Å². The van der Waals surface area contributed by atoms with Crippen molar-refractivity contribution in [1.29, 1.82) is 0 Å². The Morgan fingerprint density at radius 3 is 2.42 bits per heavy atom. The molecule has 1 aromatic rings. The summed E-state index contributed by atoms with van der Waals surface area (Å²) in [7, 11) is 0. The lowest BCUT2D eigenvalue weighted by atomic mass is 10.0. The van der Waals surface area contributed by atoms with Gasteiger partial charge in [-0.2, -0.15) is 0 Å². The van der Waals surface area contributed by atoms with Crippen LogP contribution >= 0.6 is 0 Å². The SMILES string of the molecule is C=C/C(=C\C)CNC(=C)c1cc(O)cc(C(=C)C)c1. The third kappa shape index (κ3) is 4.18. The van der Waals surface area contributed by atoms with Gasteiger partial charge in [0.25, 0.3) is 0 Å². The summed E-state index contributed by atoms with van der Waals surface area (Å²) in [5.74, 6) is 0.216. The van der Waals surface area contributed by atoms with E-state index >= 15 is 0 Å². The van der Waals surface area contributed by atoms with Crippen LogP contribution in [0.4, 0.5) is 0 Å². The molecule has 0 heterocycles. The van der Waals surface area contributed by atoms with E-state index in [1.54, 1.807) is 12.1 Å². The van der Waals surface area contributed by atoms with Gasteiger partial charge >= 0.3 is 0 Å². The number of hydrogen-bond donors (Lipinski definition) is 2. The number of allylic oxidation sites excluding steroid dienone is 2. The van der Waals surface area contributed by atoms with Crippen LogP contribution < -0.4 is 5.32 Å². The molecule has 0 aliphatic carbocycles. The Kier molecular flexibility index (Phi) is 5.19. The average molecular weight is 255 g/mol. The van der Waals surface area contributed by atoms with Crippen molar-refractivity contribution in [2.24, 2.45) is 0 Å². The summed E-state index contributed by atoms with van der Waals surface area (Å²) in [6, 6.07) is 5.34. The first-order valence-electron chi connectivity index (χ1n) is 6.18. The number of phenols is 1. The van der Waals surface area contributed by atoms with E-state index in [2.05, 4.69) is 25.1 Å². The number of benzene rings is 1. The zero-order valence-corrected chi connectivity index (χ0v) is 11.7. The molecule has 2 N–H and O–H groups in total. The molecule has 0 bridgehead atoms. The first kappa shape index (κ1) is 14.8. The second kappa shape index (κ2) is 6.64. The largest absolute Gasteiger partial charge is 0.508 e. The molecule has 2 nitrogen and oxygen atoms in total. The van der Waals surface area contributed by atoms with Crippen molar-refractivity contribution in [3.05, 3.63) is 66.8 Å². The molecular weight excluding hydrogens is 234 g/mol. The highest BCUT2D eigenvalue weighted by molar-refractivity contribution is 5.71. The predicted octanol–water partition coefficient (Wildman–Crippen LogP) is 4.12. The summed E-state index contributed by atoms with van der Waals surface area (Å²) in [5.41, 5.74) is 4.54. The highest BCUT2D eigenvalue weighted by atomic mass is 16.3. The third-order valence-electron chi connectivity index (χ3n) is 2.90. The molecule has 1 aromatic carbocycles. The third-order valence-corrected chi connectivity index (χ3v) is 2.90. The highest BCUT2D eigenvalue weighted by Crippen LogP contribution is 2.23. The first-order valence-corrected chi connectivity index (χ1v) is 6.18. The van der Waals surface area contributed by atoms with E-state index < -0.39 is 0 Å². The Hall–Kier alpha value is -2.22. The monoisotopic (exact) mass is 255 g/mol. The van der Waals surface area contributed by atoms with Gasteiger partial charge in [0, 0.05) is 17.8 Å². The molecule has 0 aliphatic rings. The van der Waals surface area contributed by atoms with Crippen molar-refractivity contribution in [2.45, 2.75) is 13.8 Å². The van der Waals surface area contributed by atoms with Crippen LogP contribution in [-0.2, 0) is 0 Å². The van der Waals surface area contributed by atoms with Gasteiger partial charge in [-0.3, -0.25) is 0 Å². The fourth-order valence-corrected chi connectivity index (χ4v) is 1.63. The zero-order chi connectivity index (χ0) is 14.4. The van der Waals surface area contributed by atoms with E-state index in [9.17, 15) is 5.11 Å². The van der Waals surface area contributed by atoms with Crippen molar-refractivity contribution in [3.8, 4) is 5.75 Å². The molecule has 2 heteroatoms. The number of phenolic OH excluding ortho intramolecular Hbond substituents is 1. The quantitative estimate of drug-likeness (QED) is 0.749. The number of aromatic hydroxyl groups is 1.